The monoisotopic (exact) mass is 345 g/mol. The number of amides is 1. The van der Waals surface area contributed by atoms with Crippen molar-refractivity contribution in [1.29, 1.82) is 0 Å². The molecule has 1 amide bonds. The third-order valence-electron chi connectivity index (χ3n) is 4.29. The maximum absolute atomic E-state index is 12.5. The number of rotatable bonds is 5. The van der Waals surface area contributed by atoms with Crippen molar-refractivity contribution in [2.45, 2.75) is 53.1 Å². The SMILES string of the molecule is Cc1sc2nc(CNC(=O)[C@H](C)n3ccnc3C(C)C)cn2c1C. The van der Waals surface area contributed by atoms with Crippen molar-refractivity contribution in [3.8, 4) is 0 Å². The van der Waals surface area contributed by atoms with E-state index in [4.69, 9.17) is 0 Å². The highest BCUT2D eigenvalue weighted by Gasteiger charge is 2.19. The minimum absolute atomic E-state index is 0.0286. The van der Waals surface area contributed by atoms with E-state index in [0.29, 0.717) is 6.54 Å². The van der Waals surface area contributed by atoms with Crippen LogP contribution in [0.1, 0.15) is 54.8 Å². The summed E-state index contributed by atoms with van der Waals surface area (Å²) >= 11 is 1.67. The Morgan fingerprint density at radius 3 is 2.75 bits per heavy atom. The Hall–Kier alpha value is -2.15. The molecule has 128 valence electrons. The maximum atomic E-state index is 12.5. The Balaban J connectivity index is 1.68. The number of carbonyl (C=O) groups excluding carboxylic acids is 1. The van der Waals surface area contributed by atoms with Gasteiger partial charge in [-0.15, -0.1) is 11.3 Å². The van der Waals surface area contributed by atoms with Crippen LogP contribution >= 0.6 is 11.3 Å². The van der Waals surface area contributed by atoms with Crippen LogP contribution < -0.4 is 5.32 Å². The number of carbonyl (C=O) groups is 1. The van der Waals surface area contributed by atoms with Gasteiger partial charge in [0.1, 0.15) is 11.9 Å². The molecule has 3 aromatic heterocycles. The molecule has 1 N–H and O–H groups in total. The topological polar surface area (TPSA) is 64.2 Å². The van der Waals surface area contributed by atoms with Crippen LogP contribution in [0, 0.1) is 13.8 Å². The molecule has 0 saturated heterocycles. The number of hydrogen-bond donors (Lipinski definition) is 1. The number of nitrogens with zero attached hydrogens (tertiary/aromatic N) is 4. The summed E-state index contributed by atoms with van der Waals surface area (Å²) in [5, 5.41) is 2.98. The Labute approximate surface area is 145 Å². The van der Waals surface area contributed by atoms with Gasteiger partial charge in [-0.05, 0) is 20.8 Å². The normalized spacial score (nSPS) is 12.9. The number of hydrogen-bond acceptors (Lipinski definition) is 4. The second kappa shape index (κ2) is 6.39. The van der Waals surface area contributed by atoms with E-state index in [1.807, 2.05) is 23.9 Å². The average Bonchev–Trinajstić information content (AvgIpc) is 3.22. The first-order valence-corrected chi connectivity index (χ1v) is 8.94. The fraction of sp³-hybridized carbons (Fsp3) is 0.471. The minimum Gasteiger partial charge on any atom is -0.349 e. The first-order valence-electron chi connectivity index (χ1n) is 8.13. The van der Waals surface area contributed by atoms with E-state index in [2.05, 4.69) is 47.4 Å². The molecular weight excluding hydrogens is 322 g/mol. The van der Waals surface area contributed by atoms with Crippen LogP contribution in [0.5, 0.6) is 0 Å². The number of fused-ring (bicyclic) bond motifs is 1. The largest absolute Gasteiger partial charge is 0.349 e. The van der Waals surface area contributed by atoms with Crippen LogP contribution in [-0.2, 0) is 11.3 Å². The molecule has 0 aromatic carbocycles. The van der Waals surface area contributed by atoms with Gasteiger partial charge in [0, 0.05) is 35.1 Å². The lowest BCUT2D eigenvalue weighted by Crippen LogP contribution is -2.31. The molecule has 0 spiro atoms. The summed E-state index contributed by atoms with van der Waals surface area (Å²) in [5.74, 6) is 1.17. The highest BCUT2D eigenvalue weighted by molar-refractivity contribution is 7.17. The molecule has 6 nitrogen and oxygen atoms in total. The van der Waals surface area contributed by atoms with Gasteiger partial charge in [0.15, 0.2) is 4.96 Å². The number of aromatic nitrogens is 4. The van der Waals surface area contributed by atoms with Crippen molar-refractivity contribution in [3.63, 3.8) is 0 Å². The standard InChI is InChI=1S/C17H23N5OS/c1-10(2)15-18-6-7-21(15)12(4)16(23)19-8-14-9-22-11(3)13(5)24-17(22)20-14/h6-7,9-10,12H,8H2,1-5H3,(H,19,23)/t12-/m0/s1. The lowest BCUT2D eigenvalue weighted by molar-refractivity contribution is -0.124. The van der Waals surface area contributed by atoms with Crippen molar-refractivity contribution < 1.29 is 4.79 Å². The fourth-order valence-electron chi connectivity index (χ4n) is 2.74. The van der Waals surface area contributed by atoms with E-state index in [-0.39, 0.29) is 17.9 Å². The van der Waals surface area contributed by atoms with Gasteiger partial charge in [-0.1, -0.05) is 13.8 Å². The van der Waals surface area contributed by atoms with Crippen LogP contribution in [0.25, 0.3) is 4.96 Å². The van der Waals surface area contributed by atoms with E-state index in [9.17, 15) is 4.79 Å². The number of nitrogens with one attached hydrogen (secondary N) is 1. The van der Waals surface area contributed by atoms with Gasteiger partial charge in [-0.25, -0.2) is 9.97 Å². The van der Waals surface area contributed by atoms with Crippen LogP contribution in [0.3, 0.4) is 0 Å². The van der Waals surface area contributed by atoms with E-state index in [1.54, 1.807) is 17.5 Å². The van der Waals surface area contributed by atoms with Gasteiger partial charge in [0.2, 0.25) is 5.91 Å². The van der Waals surface area contributed by atoms with Crippen molar-refractivity contribution in [2.24, 2.45) is 0 Å². The van der Waals surface area contributed by atoms with Crippen LogP contribution in [0.15, 0.2) is 18.6 Å². The zero-order valence-electron chi connectivity index (χ0n) is 14.7. The summed E-state index contributed by atoms with van der Waals surface area (Å²) < 4.78 is 4.01. The summed E-state index contributed by atoms with van der Waals surface area (Å²) in [6, 6.07) is -0.294. The number of imidazole rings is 2. The molecule has 3 rings (SSSR count). The van der Waals surface area contributed by atoms with Crippen LogP contribution in [0.4, 0.5) is 0 Å². The zero-order valence-corrected chi connectivity index (χ0v) is 15.5. The summed E-state index contributed by atoms with van der Waals surface area (Å²) in [5.41, 5.74) is 2.08. The second-order valence-corrected chi connectivity index (χ2v) is 7.55. The first kappa shape index (κ1) is 16.7. The Kier molecular flexibility index (Phi) is 4.45. The molecule has 0 fully saturated rings. The predicted molar refractivity (Wildman–Crippen MR) is 95.4 cm³/mol. The van der Waals surface area contributed by atoms with Crippen LogP contribution in [0.2, 0.25) is 0 Å². The molecule has 3 heterocycles. The van der Waals surface area contributed by atoms with Crippen LogP contribution in [-0.4, -0.2) is 24.8 Å². The lowest BCUT2D eigenvalue weighted by atomic mass is 10.2. The zero-order chi connectivity index (χ0) is 17.4. The molecule has 0 bridgehead atoms. The number of thiazole rings is 1. The van der Waals surface area contributed by atoms with E-state index in [1.165, 1.54) is 10.6 Å². The second-order valence-electron chi connectivity index (χ2n) is 6.37. The molecule has 0 radical (unpaired) electrons. The van der Waals surface area contributed by atoms with E-state index < -0.39 is 0 Å². The maximum Gasteiger partial charge on any atom is 0.243 e. The predicted octanol–water partition coefficient (Wildman–Crippen LogP) is 3.21. The average molecular weight is 345 g/mol. The fourth-order valence-corrected chi connectivity index (χ4v) is 3.71. The van der Waals surface area contributed by atoms with Gasteiger partial charge in [0.05, 0.1) is 12.2 Å². The molecule has 0 saturated carbocycles. The highest BCUT2D eigenvalue weighted by atomic mass is 32.1. The molecule has 0 aliphatic heterocycles. The van der Waals surface area contributed by atoms with Crippen molar-refractivity contribution in [1.82, 2.24) is 24.3 Å². The highest BCUT2D eigenvalue weighted by Crippen LogP contribution is 2.22. The summed E-state index contributed by atoms with van der Waals surface area (Å²) in [6.45, 7) is 10.6. The molecule has 3 aromatic rings. The summed E-state index contributed by atoms with van der Waals surface area (Å²) in [7, 11) is 0. The third-order valence-corrected chi connectivity index (χ3v) is 5.37. The van der Waals surface area contributed by atoms with Gasteiger partial charge in [0.25, 0.3) is 0 Å². The van der Waals surface area contributed by atoms with Gasteiger partial charge < -0.3 is 9.88 Å². The van der Waals surface area contributed by atoms with E-state index >= 15 is 0 Å². The quantitative estimate of drug-likeness (QED) is 0.772. The Morgan fingerprint density at radius 1 is 1.33 bits per heavy atom. The molecular formula is C17H23N5OS. The summed E-state index contributed by atoms with van der Waals surface area (Å²) in [6.07, 6.45) is 5.60. The third kappa shape index (κ3) is 2.96. The minimum atomic E-state index is -0.294. The van der Waals surface area contributed by atoms with E-state index in [0.717, 1.165) is 16.5 Å². The molecule has 0 aliphatic carbocycles. The lowest BCUT2D eigenvalue weighted by Gasteiger charge is -2.17. The van der Waals surface area contributed by atoms with Crippen molar-refractivity contribution in [3.05, 3.63) is 40.7 Å². The molecule has 1 atom stereocenters. The first-order chi connectivity index (χ1) is 11.4. The molecule has 7 heteroatoms. The van der Waals surface area contributed by atoms with Gasteiger partial charge in [-0.3, -0.25) is 9.20 Å². The Bertz CT molecular complexity index is 873. The number of aryl methyl sites for hydroxylation is 2. The van der Waals surface area contributed by atoms with Gasteiger partial charge in [-0.2, -0.15) is 0 Å². The Morgan fingerprint density at radius 2 is 2.08 bits per heavy atom. The molecule has 24 heavy (non-hydrogen) atoms. The van der Waals surface area contributed by atoms with Crippen molar-refractivity contribution >= 4 is 22.2 Å². The molecule has 0 unspecified atom stereocenters. The smallest absolute Gasteiger partial charge is 0.243 e. The van der Waals surface area contributed by atoms with Gasteiger partial charge >= 0.3 is 0 Å². The summed E-state index contributed by atoms with van der Waals surface area (Å²) in [4.78, 5) is 23.6. The molecule has 0 aliphatic rings. The van der Waals surface area contributed by atoms with Crippen molar-refractivity contribution in [2.75, 3.05) is 0 Å².